The fraction of sp³-hybridized carbons (Fsp3) is 0.717. The number of esters is 3. The summed E-state index contributed by atoms with van der Waals surface area (Å²) in [5, 5.41) is 0. The topological polar surface area (TPSA) is 78.9 Å². The van der Waals surface area contributed by atoms with Crippen LogP contribution >= 0.6 is 0 Å². The number of hydrogen-bond donors (Lipinski definition) is 0. The summed E-state index contributed by atoms with van der Waals surface area (Å²) in [6.45, 7) is 6.50. The van der Waals surface area contributed by atoms with Crippen molar-refractivity contribution in [2.75, 3.05) is 13.2 Å². The predicted molar refractivity (Wildman–Crippen MR) is 284 cm³/mol. The van der Waals surface area contributed by atoms with Gasteiger partial charge in [0, 0.05) is 19.3 Å². The smallest absolute Gasteiger partial charge is 0.306 e. The maximum absolute atomic E-state index is 12.8. The standard InChI is InChI=1S/C60H102O6/c1-4-7-10-13-16-19-22-25-27-29-31-32-35-38-41-44-47-50-53-59(62)65-56-57(55-64-58(61)52-49-46-43-40-37-34-24-21-18-15-12-9-6-3)66-60(63)54-51-48-45-42-39-36-33-30-28-26-23-20-17-14-11-8-5-2/h17,20,26,28,31-34,36-37,42-43,45-46,57H,4-16,18-19,21-25,27,29-30,35,38-41,44,47-56H2,1-3H3/b20-17-,28-26-,32-31-,36-33-,37-34-,45-42-,46-43-. The Balaban J connectivity index is 4.52. The Morgan fingerprint density at radius 2 is 0.591 bits per heavy atom. The summed E-state index contributed by atoms with van der Waals surface area (Å²) in [6.07, 6.45) is 70.2. The van der Waals surface area contributed by atoms with Gasteiger partial charge in [0.25, 0.3) is 0 Å². The molecule has 6 heteroatoms. The summed E-state index contributed by atoms with van der Waals surface area (Å²) in [7, 11) is 0. The van der Waals surface area contributed by atoms with Gasteiger partial charge in [-0.15, -0.1) is 0 Å². The molecule has 1 unspecified atom stereocenters. The molecule has 66 heavy (non-hydrogen) atoms. The quantitative estimate of drug-likeness (QED) is 0.0262. The van der Waals surface area contributed by atoms with E-state index in [9.17, 15) is 14.4 Å². The fourth-order valence-corrected chi connectivity index (χ4v) is 7.42. The molecule has 0 aromatic carbocycles. The van der Waals surface area contributed by atoms with Crippen LogP contribution < -0.4 is 0 Å². The lowest BCUT2D eigenvalue weighted by molar-refractivity contribution is -0.166. The summed E-state index contributed by atoms with van der Waals surface area (Å²) in [4.78, 5) is 38.0. The van der Waals surface area contributed by atoms with Crippen molar-refractivity contribution in [1.82, 2.24) is 0 Å². The molecule has 0 aromatic heterocycles. The van der Waals surface area contributed by atoms with E-state index in [2.05, 4.69) is 99.8 Å². The molecule has 0 aliphatic heterocycles. The average molecular weight is 919 g/mol. The Hall–Kier alpha value is -3.41. The Morgan fingerprint density at radius 1 is 0.303 bits per heavy atom. The second-order valence-corrected chi connectivity index (χ2v) is 18.1. The third-order valence-corrected chi connectivity index (χ3v) is 11.6. The molecule has 0 rings (SSSR count). The molecule has 0 amide bonds. The number of carbonyl (C=O) groups is 3. The summed E-state index contributed by atoms with van der Waals surface area (Å²) >= 11 is 0. The second kappa shape index (κ2) is 54.2. The minimum absolute atomic E-state index is 0.120. The van der Waals surface area contributed by atoms with Crippen molar-refractivity contribution in [2.45, 2.75) is 264 Å². The molecule has 0 aromatic rings. The molecular weight excluding hydrogens is 817 g/mol. The van der Waals surface area contributed by atoms with Crippen molar-refractivity contribution in [3.05, 3.63) is 85.1 Å². The van der Waals surface area contributed by atoms with E-state index in [0.717, 1.165) is 70.6 Å². The molecule has 0 bridgehead atoms. The first kappa shape index (κ1) is 62.6. The number of rotatable bonds is 49. The van der Waals surface area contributed by atoms with Crippen LogP contribution in [0.2, 0.25) is 0 Å². The third-order valence-electron chi connectivity index (χ3n) is 11.6. The van der Waals surface area contributed by atoms with Gasteiger partial charge in [0.1, 0.15) is 13.2 Å². The van der Waals surface area contributed by atoms with E-state index >= 15 is 0 Å². The van der Waals surface area contributed by atoms with Gasteiger partial charge in [-0.25, -0.2) is 0 Å². The van der Waals surface area contributed by atoms with Crippen molar-refractivity contribution in [1.29, 1.82) is 0 Å². The lowest BCUT2D eigenvalue weighted by Crippen LogP contribution is -2.30. The summed E-state index contributed by atoms with van der Waals surface area (Å²) in [5.41, 5.74) is 0. The van der Waals surface area contributed by atoms with Crippen LogP contribution in [0.3, 0.4) is 0 Å². The third kappa shape index (κ3) is 51.6. The van der Waals surface area contributed by atoms with Gasteiger partial charge in [0.05, 0.1) is 0 Å². The molecule has 0 aliphatic carbocycles. The van der Waals surface area contributed by atoms with E-state index < -0.39 is 6.10 Å². The van der Waals surface area contributed by atoms with E-state index in [1.54, 1.807) is 0 Å². The lowest BCUT2D eigenvalue weighted by Gasteiger charge is -2.18. The molecule has 0 aliphatic rings. The van der Waals surface area contributed by atoms with E-state index in [1.165, 1.54) is 135 Å². The first-order valence-electron chi connectivity index (χ1n) is 27.6. The van der Waals surface area contributed by atoms with Crippen molar-refractivity contribution in [3.8, 4) is 0 Å². The van der Waals surface area contributed by atoms with E-state index in [1.807, 2.05) is 6.08 Å². The van der Waals surface area contributed by atoms with Crippen LogP contribution in [0.1, 0.15) is 258 Å². The zero-order valence-corrected chi connectivity index (χ0v) is 43.2. The predicted octanol–water partition coefficient (Wildman–Crippen LogP) is 18.4. The van der Waals surface area contributed by atoms with Gasteiger partial charge in [0.15, 0.2) is 6.10 Å². The molecule has 378 valence electrons. The van der Waals surface area contributed by atoms with Gasteiger partial charge in [-0.3, -0.25) is 14.4 Å². The number of carbonyl (C=O) groups excluding carboxylic acids is 3. The summed E-state index contributed by atoms with van der Waals surface area (Å²) < 4.78 is 16.7. The first-order valence-corrected chi connectivity index (χ1v) is 27.6. The van der Waals surface area contributed by atoms with E-state index in [0.29, 0.717) is 19.3 Å². The minimum atomic E-state index is -0.831. The van der Waals surface area contributed by atoms with E-state index in [4.69, 9.17) is 14.2 Å². The van der Waals surface area contributed by atoms with E-state index in [-0.39, 0.29) is 44.0 Å². The molecule has 0 saturated heterocycles. The molecule has 0 spiro atoms. The highest BCUT2D eigenvalue weighted by molar-refractivity contribution is 5.71. The van der Waals surface area contributed by atoms with Crippen molar-refractivity contribution in [2.24, 2.45) is 0 Å². The van der Waals surface area contributed by atoms with Gasteiger partial charge < -0.3 is 14.2 Å². The van der Waals surface area contributed by atoms with Gasteiger partial charge in [0.2, 0.25) is 0 Å². The molecule has 1 atom stereocenters. The Morgan fingerprint density at radius 3 is 1.03 bits per heavy atom. The molecule has 0 saturated carbocycles. The highest BCUT2D eigenvalue weighted by Crippen LogP contribution is 2.13. The summed E-state index contributed by atoms with van der Waals surface area (Å²) in [5.74, 6) is -1.05. The SMILES string of the molecule is CCCCC/C=C\C/C=C\C/C=C\C/C=C\CCCC(=O)OC(COC(=O)CC/C=C\C/C=C\CCCCCCCC)COC(=O)CCCCCCC/C=C\CCCCCCCCCCC. The molecule has 0 heterocycles. The maximum atomic E-state index is 12.8. The van der Waals surface area contributed by atoms with Crippen molar-refractivity contribution >= 4 is 17.9 Å². The van der Waals surface area contributed by atoms with Crippen LogP contribution in [0.25, 0.3) is 0 Å². The molecule has 0 fully saturated rings. The number of ether oxygens (including phenoxy) is 3. The molecule has 0 N–H and O–H groups in total. The van der Waals surface area contributed by atoms with Gasteiger partial charge >= 0.3 is 17.9 Å². The lowest BCUT2D eigenvalue weighted by atomic mass is 10.1. The van der Waals surface area contributed by atoms with Crippen LogP contribution in [0.4, 0.5) is 0 Å². The number of hydrogen-bond acceptors (Lipinski definition) is 6. The van der Waals surface area contributed by atoms with Gasteiger partial charge in [-0.05, 0) is 103 Å². The van der Waals surface area contributed by atoms with Gasteiger partial charge in [-0.1, -0.05) is 221 Å². The Labute approximate surface area is 407 Å². The van der Waals surface area contributed by atoms with Crippen LogP contribution in [-0.2, 0) is 28.6 Å². The monoisotopic (exact) mass is 919 g/mol. The molecule has 6 nitrogen and oxygen atoms in total. The first-order chi connectivity index (χ1) is 32.5. The van der Waals surface area contributed by atoms with Crippen LogP contribution in [0.15, 0.2) is 85.1 Å². The number of allylic oxidation sites excluding steroid dienone is 14. The van der Waals surface area contributed by atoms with Gasteiger partial charge in [-0.2, -0.15) is 0 Å². The van der Waals surface area contributed by atoms with Crippen molar-refractivity contribution in [3.63, 3.8) is 0 Å². The highest BCUT2D eigenvalue weighted by atomic mass is 16.6. The average Bonchev–Trinajstić information content (AvgIpc) is 3.31. The largest absolute Gasteiger partial charge is 0.462 e. The Kier molecular flexibility index (Phi) is 51.4. The van der Waals surface area contributed by atoms with Crippen LogP contribution in [0, 0.1) is 0 Å². The maximum Gasteiger partial charge on any atom is 0.306 e. The fourth-order valence-electron chi connectivity index (χ4n) is 7.42. The highest BCUT2D eigenvalue weighted by Gasteiger charge is 2.19. The zero-order chi connectivity index (χ0) is 47.9. The van der Waals surface area contributed by atoms with Crippen molar-refractivity contribution < 1.29 is 28.6 Å². The Bertz CT molecular complexity index is 1290. The van der Waals surface area contributed by atoms with Crippen LogP contribution in [0.5, 0.6) is 0 Å². The van der Waals surface area contributed by atoms with Crippen LogP contribution in [-0.4, -0.2) is 37.2 Å². The second-order valence-electron chi connectivity index (χ2n) is 18.1. The zero-order valence-electron chi connectivity index (χ0n) is 43.2. The number of unbranched alkanes of at least 4 members (excludes halogenated alkanes) is 24. The molecule has 0 radical (unpaired) electrons. The minimum Gasteiger partial charge on any atom is -0.462 e. The normalized spacial score (nSPS) is 12.7. The summed E-state index contributed by atoms with van der Waals surface area (Å²) in [6, 6.07) is 0. The molecular formula is C60H102O6.